The highest BCUT2D eigenvalue weighted by atomic mass is 16.5. The molecule has 84 valence electrons. The smallest absolute Gasteiger partial charge is 0.162 e. The molecule has 0 fully saturated rings. The molecule has 1 aromatic rings. The fraction of sp³-hybridized carbons (Fsp3) is 0.308. The number of aromatic hydroxyl groups is 1. The molecule has 0 unspecified atom stereocenters. The van der Waals surface area contributed by atoms with Crippen LogP contribution in [0.3, 0.4) is 0 Å². The van der Waals surface area contributed by atoms with Crippen LogP contribution in [0.2, 0.25) is 0 Å². The predicted molar refractivity (Wildman–Crippen MR) is 60.1 cm³/mol. The Bertz CT molecular complexity index is 392. The Labute approximate surface area is 94.4 Å². The molecule has 1 aromatic carbocycles. The summed E-state index contributed by atoms with van der Waals surface area (Å²) in [5.74, 6) is 0.401. The van der Waals surface area contributed by atoms with Crippen LogP contribution in [0.25, 0.3) is 0 Å². The minimum absolute atomic E-state index is 0.00805. The molecule has 1 aliphatic heterocycles. The van der Waals surface area contributed by atoms with Gasteiger partial charge < -0.3 is 9.84 Å². The van der Waals surface area contributed by atoms with Gasteiger partial charge in [-0.25, -0.2) is 0 Å². The number of aryl methyl sites for hydroxylation is 1. The lowest BCUT2D eigenvalue weighted by molar-refractivity contribution is -0.118. The van der Waals surface area contributed by atoms with Gasteiger partial charge >= 0.3 is 0 Å². The van der Waals surface area contributed by atoms with Crippen molar-refractivity contribution in [3.05, 3.63) is 42.2 Å². The molecule has 0 spiro atoms. The van der Waals surface area contributed by atoms with Crippen molar-refractivity contribution in [2.45, 2.75) is 25.4 Å². The number of benzene rings is 1. The van der Waals surface area contributed by atoms with Crippen LogP contribution in [0, 0.1) is 0 Å². The molecular weight excluding hydrogens is 204 g/mol. The summed E-state index contributed by atoms with van der Waals surface area (Å²) in [5, 5.41) is 9.13. The minimum atomic E-state index is -0.00805. The number of hydrogen-bond donors (Lipinski definition) is 1. The zero-order chi connectivity index (χ0) is 11.4. The molecule has 0 saturated heterocycles. The van der Waals surface area contributed by atoms with E-state index in [1.165, 1.54) is 12.3 Å². The number of phenolic OH excluding ortho intramolecular Hbond substituents is 1. The van der Waals surface area contributed by atoms with Crippen LogP contribution >= 0.6 is 0 Å². The van der Waals surface area contributed by atoms with Crippen LogP contribution in [0.5, 0.6) is 5.75 Å². The van der Waals surface area contributed by atoms with Gasteiger partial charge in [0.25, 0.3) is 0 Å². The van der Waals surface area contributed by atoms with Gasteiger partial charge in [-0.05, 0) is 30.5 Å². The van der Waals surface area contributed by atoms with Crippen LogP contribution < -0.4 is 0 Å². The molecule has 3 heteroatoms. The zero-order valence-electron chi connectivity index (χ0n) is 8.93. The van der Waals surface area contributed by atoms with Gasteiger partial charge in [0, 0.05) is 12.5 Å². The third-order valence-corrected chi connectivity index (χ3v) is 2.65. The Hall–Kier alpha value is -1.77. The van der Waals surface area contributed by atoms with Gasteiger partial charge in [-0.15, -0.1) is 0 Å². The Morgan fingerprint density at radius 2 is 2.06 bits per heavy atom. The Balaban J connectivity index is 1.85. The number of rotatable bonds is 3. The third-order valence-electron chi connectivity index (χ3n) is 2.65. The molecule has 1 N–H and O–H groups in total. The predicted octanol–water partition coefficient (Wildman–Crippen LogP) is 2.20. The van der Waals surface area contributed by atoms with E-state index >= 15 is 0 Å². The Morgan fingerprint density at radius 3 is 2.75 bits per heavy atom. The number of hydrogen-bond acceptors (Lipinski definition) is 3. The number of ether oxygens (including phenoxy) is 1. The highest BCUT2D eigenvalue weighted by Crippen LogP contribution is 2.16. The molecule has 0 aliphatic carbocycles. The SMILES string of the molecule is O=C1C=CO[C@@H](CCc2ccc(O)cc2)C1. The molecule has 0 radical (unpaired) electrons. The summed E-state index contributed by atoms with van der Waals surface area (Å²) in [5.41, 5.74) is 1.14. The zero-order valence-corrected chi connectivity index (χ0v) is 8.93. The van der Waals surface area contributed by atoms with E-state index in [-0.39, 0.29) is 17.6 Å². The number of carbonyl (C=O) groups is 1. The lowest BCUT2D eigenvalue weighted by atomic mass is 10.0. The second-order valence-electron chi connectivity index (χ2n) is 3.94. The summed E-state index contributed by atoms with van der Waals surface area (Å²) in [6.45, 7) is 0. The van der Waals surface area contributed by atoms with Crippen molar-refractivity contribution >= 4 is 5.78 Å². The summed E-state index contributed by atoms with van der Waals surface area (Å²) < 4.78 is 5.34. The first-order valence-electron chi connectivity index (χ1n) is 5.37. The van der Waals surface area contributed by atoms with E-state index in [9.17, 15) is 4.79 Å². The van der Waals surface area contributed by atoms with E-state index in [1.807, 2.05) is 12.1 Å². The van der Waals surface area contributed by atoms with Crippen LogP contribution in [-0.4, -0.2) is 17.0 Å². The molecule has 0 saturated carbocycles. The molecular formula is C13H14O3. The van der Waals surface area contributed by atoms with Gasteiger partial charge in [-0.2, -0.15) is 0 Å². The maximum atomic E-state index is 11.1. The van der Waals surface area contributed by atoms with Crippen LogP contribution in [0.1, 0.15) is 18.4 Å². The molecule has 1 aliphatic rings. The first-order chi connectivity index (χ1) is 7.74. The summed E-state index contributed by atoms with van der Waals surface area (Å²) in [6, 6.07) is 7.11. The molecule has 3 nitrogen and oxygen atoms in total. The first kappa shape index (κ1) is 10.7. The topological polar surface area (TPSA) is 46.5 Å². The minimum Gasteiger partial charge on any atom is -0.508 e. The van der Waals surface area contributed by atoms with E-state index in [1.54, 1.807) is 12.1 Å². The average Bonchev–Trinajstić information content (AvgIpc) is 2.28. The van der Waals surface area contributed by atoms with Crippen molar-refractivity contribution in [1.29, 1.82) is 0 Å². The monoisotopic (exact) mass is 218 g/mol. The molecule has 2 rings (SSSR count). The molecule has 16 heavy (non-hydrogen) atoms. The molecule has 0 bridgehead atoms. The highest BCUT2D eigenvalue weighted by molar-refractivity contribution is 5.90. The maximum Gasteiger partial charge on any atom is 0.162 e. The summed E-state index contributed by atoms with van der Waals surface area (Å²) in [4.78, 5) is 11.1. The van der Waals surface area contributed by atoms with Crippen LogP contribution in [-0.2, 0) is 16.0 Å². The second kappa shape index (κ2) is 4.84. The van der Waals surface area contributed by atoms with E-state index in [4.69, 9.17) is 9.84 Å². The van der Waals surface area contributed by atoms with Crippen molar-refractivity contribution in [2.75, 3.05) is 0 Å². The fourth-order valence-electron chi connectivity index (χ4n) is 1.73. The lowest BCUT2D eigenvalue weighted by Crippen LogP contribution is -2.19. The molecule has 1 heterocycles. The van der Waals surface area contributed by atoms with Gasteiger partial charge in [-0.1, -0.05) is 12.1 Å². The number of phenols is 1. The Kier molecular flexibility index (Phi) is 3.25. The van der Waals surface area contributed by atoms with Gasteiger partial charge in [0.15, 0.2) is 5.78 Å². The number of carbonyl (C=O) groups excluding carboxylic acids is 1. The first-order valence-corrected chi connectivity index (χ1v) is 5.37. The van der Waals surface area contributed by atoms with Crippen molar-refractivity contribution in [1.82, 2.24) is 0 Å². The van der Waals surface area contributed by atoms with Crippen molar-refractivity contribution in [2.24, 2.45) is 0 Å². The van der Waals surface area contributed by atoms with E-state index < -0.39 is 0 Å². The number of ketones is 1. The van der Waals surface area contributed by atoms with Crippen molar-refractivity contribution < 1.29 is 14.6 Å². The average molecular weight is 218 g/mol. The standard InChI is InChI=1S/C13H14O3/c14-11-4-1-10(2-5-11)3-6-13-9-12(15)7-8-16-13/h1-2,4-5,7-8,13-14H,3,6,9H2/t13-/m0/s1. The summed E-state index contributed by atoms with van der Waals surface area (Å²) in [7, 11) is 0. The van der Waals surface area contributed by atoms with Gasteiger partial charge in [-0.3, -0.25) is 4.79 Å². The molecule has 0 aromatic heterocycles. The van der Waals surface area contributed by atoms with Crippen LogP contribution in [0.15, 0.2) is 36.6 Å². The largest absolute Gasteiger partial charge is 0.508 e. The normalized spacial score (nSPS) is 19.5. The molecule has 0 amide bonds. The Morgan fingerprint density at radius 1 is 1.31 bits per heavy atom. The quantitative estimate of drug-likeness (QED) is 0.846. The van der Waals surface area contributed by atoms with Gasteiger partial charge in [0.05, 0.1) is 6.26 Å². The second-order valence-corrected chi connectivity index (χ2v) is 3.94. The van der Waals surface area contributed by atoms with E-state index in [0.29, 0.717) is 6.42 Å². The fourth-order valence-corrected chi connectivity index (χ4v) is 1.73. The lowest BCUT2D eigenvalue weighted by Gasteiger charge is -2.18. The van der Waals surface area contributed by atoms with E-state index in [0.717, 1.165) is 18.4 Å². The third kappa shape index (κ3) is 2.86. The summed E-state index contributed by atoms with van der Waals surface area (Å²) in [6.07, 6.45) is 5.08. The van der Waals surface area contributed by atoms with Crippen molar-refractivity contribution in [3.8, 4) is 5.75 Å². The molecule has 1 atom stereocenters. The maximum absolute atomic E-state index is 11.1. The van der Waals surface area contributed by atoms with Crippen molar-refractivity contribution in [3.63, 3.8) is 0 Å². The van der Waals surface area contributed by atoms with Gasteiger partial charge in [0.1, 0.15) is 11.9 Å². The highest BCUT2D eigenvalue weighted by Gasteiger charge is 2.16. The summed E-state index contributed by atoms with van der Waals surface area (Å²) >= 11 is 0. The number of allylic oxidation sites excluding steroid dienone is 1. The van der Waals surface area contributed by atoms with Crippen LogP contribution in [0.4, 0.5) is 0 Å². The van der Waals surface area contributed by atoms with E-state index in [2.05, 4.69) is 0 Å². The van der Waals surface area contributed by atoms with Gasteiger partial charge in [0.2, 0.25) is 0 Å².